The van der Waals surface area contributed by atoms with E-state index in [2.05, 4.69) is 13.8 Å². The summed E-state index contributed by atoms with van der Waals surface area (Å²) in [5.74, 6) is 1.95. The minimum atomic E-state index is -0.0916. The van der Waals surface area contributed by atoms with Crippen molar-refractivity contribution in [2.45, 2.75) is 33.1 Å². The minimum Gasteiger partial charge on any atom is -0.493 e. The van der Waals surface area contributed by atoms with Crippen molar-refractivity contribution in [3.63, 3.8) is 0 Å². The number of aryl methyl sites for hydroxylation is 1. The number of likely N-dealkylation sites (tertiary alicyclic amines) is 1. The van der Waals surface area contributed by atoms with E-state index in [0.717, 1.165) is 24.0 Å². The molecule has 2 unspecified atom stereocenters. The molecule has 26 heavy (non-hydrogen) atoms. The Bertz CT molecular complexity index is 833. The van der Waals surface area contributed by atoms with Gasteiger partial charge in [0.15, 0.2) is 0 Å². The molecule has 1 aliphatic heterocycles. The van der Waals surface area contributed by atoms with Crippen LogP contribution >= 0.6 is 0 Å². The second-order valence-electron chi connectivity index (χ2n) is 7.62. The van der Waals surface area contributed by atoms with Crippen molar-refractivity contribution in [2.75, 3.05) is 19.7 Å². The number of piperidine rings is 1. The first-order valence-corrected chi connectivity index (χ1v) is 9.45. The van der Waals surface area contributed by atoms with Gasteiger partial charge in [0.2, 0.25) is 5.91 Å². The normalized spacial score (nSPS) is 20.3. The molecular formula is C21H28N2O3. The lowest BCUT2D eigenvalue weighted by molar-refractivity contribution is -0.134. The van der Waals surface area contributed by atoms with Gasteiger partial charge in [-0.2, -0.15) is 0 Å². The van der Waals surface area contributed by atoms with E-state index in [1.54, 1.807) is 11.6 Å². The molecule has 1 aromatic carbocycles. The Labute approximate surface area is 154 Å². The molecule has 0 aliphatic carbocycles. The quantitative estimate of drug-likeness (QED) is 0.773. The lowest BCUT2D eigenvalue weighted by atomic mass is 9.91. The second-order valence-corrected chi connectivity index (χ2v) is 7.62. The molecule has 0 spiro atoms. The molecule has 0 N–H and O–H groups in total. The van der Waals surface area contributed by atoms with Crippen LogP contribution in [0, 0.1) is 11.8 Å². The van der Waals surface area contributed by atoms with Crippen molar-refractivity contribution in [3.8, 4) is 5.75 Å². The van der Waals surface area contributed by atoms with Gasteiger partial charge in [-0.15, -0.1) is 0 Å². The van der Waals surface area contributed by atoms with E-state index < -0.39 is 0 Å². The summed E-state index contributed by atoms with van der Waals surface area (Å²) in [7, 11) is 1.76. The summed E-state index contributed by atoms with van der Waals surface area (Å²) in [5.41, 5.74) is 0.758. The van der Waals surface area contributed by atoms with Gasteiger partial charge in [0.25, 0.3) is 5.56 Å². The van der Waals surface area contributed by atoms with E-state index in [9.17, 15) is 9.59 Å². The van der Waals surface area contributed by atoms with Crippen LogP contribution in [0.5, 0.6) is 5.75 Å². The molecule has 1 amide bonds. The maximum atomic E-state index is 12.4. The second kappa shape index (κ2) is 7.94. The van der Waals surface area contributed by atoms with Crippen molar-refractivity contribution in [2.24, 2.45) is 18.9 Å². The molecule has 0 saturated carbocycles. The number of hydrogen-bond acceptors (Lipinski definition) is 3. The molecule has 5 heteroatoms. The van der Waals surface area contributed by atoms with Crippen LogP contribution in [0.25, 0.3) is 10.9 Å². The standard InChI is InChI=1S/C21H28N2O3/c1-15-11-16(2)14-23(13-15)20(24)9-6-10-26-19-12-21(25)22(3)18-8-5-4-7-17(18)19/h4-5,7-8,12,15-16H,6,9-11,13-14H2,1-3H3. The zero-order valence-corrected chi connectivity index (χ0v) is 15.9. The molecule has 0 bridgehead atoms. The lowest BCUT2D eigenvalue weighted by Gasteiger charge is -2.35. The molecule has 0 radical (unpaired) electrons. The smallest absolute Gasteiger partial charge is 0.254 e. The van der Waals surface area contributed by atoms with E-state index >= 15 is 0 Å². The summed E-state index contributed by atoms with van der Waals surface area (Å²) < 4.78 is 7.47. The summed E-state index contributed by atoms with van der Waals surface area (Å²) in [4.78, 5) is 26.5. The van der Waals surface area contributed by atoms with Crippen LogP contribution in [0.15, 0.2) is 35.1 Å². The van der Waals surface area contributed by atoms with Gasteiger partial charge >= 0.3 is 0 Å². The molecule has 5 nitrogen and oxygen atoms in total. The topological polar surface area (TPSA) is 51.5 Å². The van der Waals surface area contributed by atoms with Gasteiger partial charge in [-0.1, -0.05) is 26.0 Å². The molecule has 1 fully saturated rings. The Morgan fingerprint density at radius 3 is 2.62 bits per heavy atom. The van der Waals surface area contributed by atoms with Crippen molar-refractivity contribution in [1.82, 2.24) is 9.47 Å². The number of ether oxygens (including phenoxy) is 1. The summed E-state index contributed by atoms with van der Waals surface area (Å²) in [6.45, 7) is 6.58. The number of para-hydroxylation sites is 1. The highest BCUT2D eigenvalue weighted by atomic mass is 16.5. The number of aromatic nitrogens is 1. The van der Waals surface area contributed by atoms with Crippen molar-refractivity contribution >= 4 is 16.8 Å². The zero-order chi connectivity index (χ0) is 18.7. The molecule has 1 aliphatic rings. The highest BCUT2D eigenvalue weighted by Crippen LogP contribution is 2.24. The third-order valence-electron chi connectivity index (χ3n) is 5.13. The number of hydrogen-bond donors (Lipinski definition) is 0. The minimum absolute atomic E-state index is 0.0916. The molecule has 1 saturated heterocycles. The molecular weight excluding hydrogens is 328 g/mol. The number of nitrogens with zero attached hydrogens (tertiary/aromatic N) is 2. The molecule has 2 atom stereocenters. The van der Waals surface area contributed by atoms with Crippen LogP contribution in [-0.2, 0) is 11.8 Å². The van der Waals surface area contributed by atoms with Gasteiger partial charge in [0.05, 0.1) is 12.1 Å². The van der Waals surface area contributed by atoms with Crippen molar-refractivity contribution in [3.05, 3.63) is 40.7 Å². The monoisotopic (exact) mass is 356 g/mol. The Kier molecular flexibility index (Phi) is 5.64. The van der Waals surface area contributed by atoms with Crippen LogP contribution in [0.2, 0.25) is 0 Å². The van der Waals surface area contributed by atoms with Gasteiger partial charge in [-0.05, 0) is 36.8 Å². The third kappa shape index (κ3) is 4.09. The Hall–Kier alpha value is -2.30. The zero-order valence-electron chi connectivity index (χ0n) is 15.9. The number of rotatable bonds is 5. The first-order valence-electron chi connectivity index (χ1n) is 9.45. The maximum Gasteiger partial charge on any atom is 0.254 e. The molecule has 1 aromatic heterocycles. The summed E-state index contributed by atoms with van der Waals surface area (Å²) in [5, 5.41) is 0.916. The Balaban J connectivity index is 1.57. The van der Waals surface area contributed by atoms with Crippen LogP contribution < -0.4 is 10.3 Å². The van der Waals surface area contributed by atoms with Crippen molar-refractivity contribution in [1.29, 1.82) is 0 Å². The molecule has 140 valence electrons. The van der Waals surface area contributed by atoms with E-state index in [-0.39, 0.29) is 11.5 Å². The van der Waals surface area contributed by atoms with Crippen LogP contribution in [0.3, 0.4) is 0 Å². The van der Waals surface area contributed by atoms with Gasteiger partial charge in [0.1, 0.15) is 5.75 Å². The number of carbonyl (C=O) groups excluding carboxylic acids is 1. The highest BCUT2D eigenvalue weighted by molar-refractivity contribution is 5.85. The van der Waals surface area contributed by atoms with Gasteiger partial charge in [0, 0.05) is 38.0 Å². The maximum absolute atomic E-state index is 12.4. The number of benzene rings is 1. The summed E-state index contributed by atoms with van der Waals surface area (Å²) in [6.07, 6.45) is 2.34. The van der Waals surface area contributed by atoms with E-state index in [0.29, 0.717) is 37.0 Å². The van der Waals surface area contributed by atoms with Crippen LogP contribution in [0.1, 0.15) is 33.1 Å². The fraction of sp³-hybridized carbons (Fsp3) is 0.524. The molecule has 3 rings (SSSR count). The Morgan fingerprint density at radius 2 is 1.88 bits per heavy atom. The number of carbonyl (C=O) groups is 1. The fourth-order valence-corrected chi connectivity index (χ4v) is 3.93. The first kappa shape index (κ1) is 18.5. The highest BCUT2D eigenvalue weighted by Gasteiger charge is 2.24. The van der Waals surface area contributed by atoms with Gasteiger partial charge in [-0.3, -0.25) is 9.59 Å². The molecule has 2 aromatic rings. The lowest BCUT2D eigenvalue weighted by Crippen LogP contribution is -2.42. The number of fused-ring (bicyclic) bond motifs is 1. The average Bonchev–Trinajstić information content (AvgIpc) is 2.61. The first-order chi connectivity index (χ1) is 12.5. The van der Waals surface area contributed by atoms with Crippen LogP contribution in [0.4, 0.5) is 0 Å². The Morgan fingerprint density at radius 1 is 1.19 bits per heavy atom. The largest absolute Gasteiger partial charge is 0.493 e. The number of amides is 1. The van der Waals surface area contributed by atoms with Crippen molar-refractivity contribution < 1.29 is 9.53 Å². The summed E-state index contributed by atoms with van der Waals surface area (Å²) in [6, 6.07) is 9.22. The SMILES string of the molecule is CC1CC(C)CN(C(=O)CCCOc2cc(=O)n(C)c3ccccc23)C1. The molecule has 2 heterocycles. The van der Waals surface area contributed by atoms with E-state index in [1.807, 2.05) is 29.2 Å². The third-order valence-corrected chi connectivity index (χ3v) is 5.13. The van der Waals surface area contributed by atoms with Gasteiger partial charge in [-0.25, -0.2) is 0 Å². The van der Waals surface area contributed by atoms with Gasteiger partial charge < -0.3 is 14.2 Å². The average molecular weight is 356 g/mol. The van der Waals surface area contributed by atoms with Crippen LogP contribution in [-0.4, -0.2) is 35.1 Å². The van der Waals surface area contributed by atoms with E-state index in [4.69, 9.17) is 4.74 Å². The fourth-order valence-electron chi connectivity index (χ4n) is 3.93. The number of pyridine rings is 1. The predicted molar refractivity (Wildman–Crippen MR) is 103 cm³/mol. The predicted octanol–water partition coefficient (Wildman–Crippen LogP) is 3.20. The summed E-state index contributed by atoms with van der Waals surface area (Å²) >= 11 is 0. The van der Waals surface area contributed by atoms with E-state index in [1.165, 1.54) is 12.5 Å².